The maximum absolute atomic E-state index is 12.5. The van der Waals surface area contributed by atoms with Crippen LogP contribution in [-0.4, -0.2) is 38.3 Å². The number of hydrogen-bond donors (Lipinski definition) is 1. The SMILES string of the molecule is C=CCNC(=O)C1CCN(S(=O)(=O)Cc2cccc(Br)c2)CC1. The normalized spacial score (nSPS) is 16.9. The zero-order chi connectivity index (χ0) is 16.9. The molecule has 0 saturated carbocycles. The minimum absolute atomic E-state index is 0.0141. The van der Waals surface area contributed by atoms with Crippen LogP contribution in [0.25, 0.3) is 0 Å². The second kappa shape index (κ2) is 8.08. The van der Waals surface area contributed by atoms with E-state index < -0.39 is 10.0 Å². The topological polar surface area (TPSA) is 66.5 Å². The lowest BCUT2D eigenvalue weighted by atomic mass is 9.97. The minimum atomic E-state index is -3.35. The number of piperidine rings is 1. The van der Waals surface area contributed by atoms with E-state index in [1.54, 1.807) is 12.1 Å². The average molecular weight is 401 g/mol. The summed E-state index contributed by atoms with van der Waals surface area (Å²) in [7, 11) is -3.35. The van der Waals surface area contributed by atoms with Gasteiger partial charge >= 0.3 is 0 Å². The van der Waals surface area contributed by atoms with Crippen LogP contribution in [0.1, 0.15) is 18.4 Å². The molecule has 1 heterocycles. The van der Waals surface area contributed by atoms with Crippen LogP contribution < -0.4 is 5.32 Å². The number of carbonyl (C=O) groups is 1. The Morgan fingerprint density at radius 2 is 2.09 bits per heavy atom. The van der Waals surface area contributed by atoms with Crippen LogP contribution in [0.4, 0.5) is 0 Å². The molecule has 1 aliphatic rings. The van der Waals surface area contributed by atoms with Gasteiger partial charge in [-0.25, -0.2) is 12.7 Å². The number of nitrogens with one attached hydrogen (secondary N) is 1. The summed E-state index contributed by atoms with van der Waals surface area (Å²) >= 11 is 3.35. The highest BCUT2D eigenvalue weighted by atomic mass is 79.9. The third-order valence-corrected chi connectivity index (χ3v) is 6.22. The first-order valence-corrected chi connectivity index (χ1v) is 9.93. The maximum Gasteiger partial charge on any atom is 0.223 e. The predicted molar refractivity (Wildman–Crippen MR) is 94.3 cm³/mol. The molecule has 0 radical (unpaired) electrons. The van der Waals surface area contributed by atoms with Crippen LogP contribution in [0.2, 0.25) is 0 Å². The summed E-state index contributed by atoms with van der Waals surface area (Å²) in [5, 5.41) is 2.77. The van der Waals surface area contributed by atoms with Gasteiger partial charge in [-0.2, -0.15) is 0 Å². The van der Waals surface area contributed by atoms with Crippen molar-refractivity contribution in [1.29, 1.82) is 0 Å². The van der Waals surface area contributed by atoms with Crippen LogP contribution >= 0.6 is 15.9 Å². The Bertz CT molecular complexity index is 668. The molecule has 1 amide bonds. The van der Waals surface area contributed by atoms with Crippen molar-refractivity contribution in [2.24, 2.45) is 5.92 Å². The molecule has 2 rings (SSSR count). The van der Waals surface area contributed by atoms with Gasteiger partial charge in [0.25, 0.3) is 0 Å². The van der Waals surface area contributed by atoms with E-state index in [0.29, 0.717) is 32.5 Å². The van der Waals surface area contributed by atoms with Gasteiger partial charge in [-0.3, -0.25) is 4.79 Å². The molecule has 5 nitrogen and oxygen atoms in total. The lowest BCUT2D eigenvalue weighted by Crippen LogP contribution is -2.43. The second-order valence-corrected chi connectivity index (χ2v) is 8.48. The van der Waals surface area contributed by atoms with Crippen molar-refractivity contribution in [3.63, 3.8) is 0 Å². The van der Waals surface area contributed by atoms with Gasteiger partial charge in [-0.05, 0) is 30.5 Å². The molecule has 0 spiro atoms. The molecule has 1 N–H and O–H groups in total. The van der Waals surface area contributed by atoms with Crippen molar-refractivity contribution in [1.82, 2.24) is 9.62 Å². The van der Waals surface area contributed by atoms with Crippen molar-refractivity contribution in [2.45, 2.75) is 18.6 Å². The molecule has 126 valence electrons. The Labute approximate surface area is 145 Å². The summed E-state index contributed by atoms with van der Waals surface area (Å²) in [4.78, 5) is 11.9. The number of hydrogen-bond acceptors (Lipinski definition) is 3. The summed E-state index contributed by atoms with van der Waals surface area (Å²) < 4.78 is 27.4. The van der Waals surface area contributed by atoms with Gasteiger partial charge in [0.2, 0.25) is 15.9 Å². The Balaban J connectivity index is 1.93. The second-order valence-electron chi connectivity index (χ2n) is 5.59. The molecule has 23 heavy (non-hydrogen) atoms. The van der Waals surface area contributed by atoms with Crippen molar-refractivity contribution in [3.05, 3.63) is 47.0 Å². The Morgan fingerprint density at radius 3 is 2.70 bits per heavy atom. The Morgan fingerprint density at radius 1 is 1.39 bits per heavy atom. The first kappa shape index (κ1) is 18.2. The molecule has 0 bridgehead atoms. The summed E-state index contributed by atoms with van der Waals surface area (Å²) in [6, 6.07) is 7.30. The molecular formula is C16H21BrN2O3S. The van der Waals surface area contributed by atoms with Crippen molar-refractivity contribution < 1.29 is 13.2 Å². The lowest BCUT2D eigenvalue weighted by Gasteiger charge is -2.30. The van der Waals surface area contributed by atoms with Crippen LogP contribution in [0, 0.1) is 5.92 Å². The fourth-order valence-electron chi connectivity index (χ4n) is 2.64. The highest BCUT2D eigenvalue weighted by molar-refractivity contribution is 9.10. The average Bonchev–Trinajstić information content (AvgIpc) is 2.52. The summed E-state index contributed by atoms with van der Waals surface area (Å²) in [6.07, 6.45) is 2.75. The number of benzene rings is 1. The zero-order valence-corrected chi connectivity index (χ0v) is 15.3. The molecule has 1 fully saturated rings. The molecular weight excluding hydrogens is 380 g/mol. The first-order chi connectivity index (χ1) is 10.9. The van der Waals surface area contributed by atoms with Gasteiger partial charge in [0.1, 0.15) is 0 Å². The van der Waals surface area contributed by atoms with E-state index in [1.807, 2.05) is 18.2 Å². The van der Waals surface area contributed by atoms with Gasteiger partial charge in [-0.15, -0.1) is 6.58 Å². The molecule has 1 saturated heterocycles. The van der Waals surface area contributed by atoms with Crippen LogP contribution in [-0.2, 0) is 20.6 Å². The predicted octanol–water partition coefficient (Wildman–Crippen LogP) is 2.29. The molecule has 0 aromatic heterocycles. The van der Waals surface area contributed by atoms with Crippen molar-refractivity contribution in [2.75, 3.05) is 19.6 Å². The lowest BCUT2D eigenvalue weighted by molar-refractivity contribution is -0.125. The van der Waals surface area contributed by atoms with Crippen LogP contribution in [0.15, 0.2) is 41.4 Å². The molecule has 0 unspecified atom stereocenters. The van der Waals surface area contributed by atoms with E-state index in [0.717, 1.165) is 10.0 Å². The van der Waals surface area contributed by atoms with E-state index in [4.69, 9.17) is 0 Å². The number of rotatable bonds is 6. The fourth-order valence-corrected chi connectivity index (χ4v) is 4.64. The summed E-state index contributed by atoms with van der Waals surface area (Å²) in [6.45, 7) is 4.79. The maximum atomic E-state index is 12.5. The van der Waals surface area contributed by atoms with E-state index in [2.05, 4.69) is 27.8 Å². The monoisotopic (exact) mass is 400 g/mol. The van der Waals surface area contributed by atoms with E-state index in [1.165, 1.54) is 4.31 Å². The van der Waals surface area contributed by atoms with Gasteiger partial charge in [0.15, 0.2) is 0 Å². The van der Waals surface area contributed by atoms with E-state index >= 15 is 0 Å². The van der Waals surface area contributed by atoms with Crippen molar-refractivity contribution >= 4 is 31.9 Å². The van der Waals surface area contributed by atoms with Gasteiger partial charge in [0.05, 0.1) is 5.75 Å². The number of nitrogens with zero attached hydrogens (tertiary/aromatic N) is 1. The molecule has 7 heteroatoms. The zero-order valence-electron chi connectivity index (χ0n) is 12.9. The summed E-state index contributed by atoms with van der Waals surface area (Å²) in [5.41, 5.74) is 0.755. The van der Waals surface area contributed by atoms with Crippen molar-refractivity contribution in [3.8, 4) is 0 Å². The van der Waals surface area contributed by atoms with Crippen LogP contribution in [0.3, 0.4) is 0 Å². The third-order valence-electron chi connectivity index (χ3n) is 3.88. The molecule has 1 aliphatic heterocycles. The highest BCUT2D eigenvalue weighted by Gasteiger charge is 2.30. The third kappa shape index (κ3) is 5.16. The van der Waals surface area contributed by atoms with Gasteiger partial charge in [-0.1, -0.05) is 34.1 Å². The highest BCUT2D eigenvalue weighted by Crippen LogP contribution is 2.22. The number of amides is 1. The Hall–Kier alpha value is -1.18. The number of halogens is 1. The standard InChI is InChI=1S/C16H21BrN2O3S/c1-2-8-18-16(20)14-6-9-19(10-7-14)23(21,22)12-13-4-3-5-15(17)11-13/h2-5,11,14H,1,6-10,12H2,(H,18,20). The quantitative estimate of drug-likeness (QED) is 0.744. The molecule has 1 aromatic rings. The Kier molecular flexibility index (Phi) is 6.38. The van der Waals surface area contributed by atoms with E-state index in [9.17, 15) is 13.2 Å². The summed E-state index contributed by atoms with van der Waals surface area (Å²) in [5.74, 6) is -0.152. The van der Waals surface area contributed by atoms with Gasteiger partial charge < -0.3 is 5.32 Å². The van der Waals surface area contributed by atoms with E-state index in [-0.39, 0.29) is 17.6 Å². The van der Waals surface area contributed by atoms with Gasteiger partial charge in [0, 0.05) is 30.0 Å². The first-order valence-electron chi connectivity index (χ1n) is 7.53. The molecule has 0 atom stereocenters. The molecule has 0 aliphatic carbocycles. The number of sulfonamides is 1. The number of carbonyl (C=O) groups excluding carboxylic acids is 1. The fraction of sp³-hybridized carbons (Fsp3) is 0.438. The smallest absolute Gasteiger partial charge is 0.223 e. The largest absolute Gasteiger partial charge is 0.352 e. The molecule has 1 aromatic carbocycles. The minimum Gasteiger partial charge on any atom is -0.352 e. The van der Waals surface area contributed by atoms with Crippen LogP contribution in [0.5, 0.6) is 0 Å².